The molecule has 0 unspecified atom stereocenters. The fourth-order valence-electron chi connectivity index (χ4n) is 4.95. The van der Waals surface area contributed by atoms with E-state index in [2.05, 4.69) is 32.1 Å². The molecule has 0 aliphatic heterocycles. The molecule has 0 radical (unpaired) electrons. The zero-order valence-corrected chi connectivity index (χ0v) is 22.6. The second-order valence-electron chi connectivity index (χ2n) is 9.86. The van der Waals surface area contributed by atoms with Crippen LogP contribution in [0.4, 0.5) is 0 Å². The van der Waals surface area contributed by atoms with Crippen molar-refractivity contribution in [3.63, 3.8) is 0 Å². The summed E-state index contributed by atoms with van der Waals surface area (Å²) in [5.74, 6) is 1.42. The Kier molecular flexibility index (Phi) is 5.89. The summed E-state index contributed by atoms with van der Waals surface area (Å²) in [5, 5.41) is 6.00. The van der Waals surface area contributed by atoms with Gasteiger partial charge in [0, 0.05) is 41.3 Å². The average Bonchev–Trinajstić information content (AvgIpc) is 3.54. The van der Waals surface area contributed by atoms with Gasteiger partial charge in [0.05, 0.1) is 33.8 Å². The molecule has 0 atom stereocenters. The van der Waals surface area contributed by atoms with Crippen LogP contribution in [0.25, 0.3) is 73.5 Å². The molecule has 0 spiro atoms. The fraction of sp³-hybridized carbons (Fsp3) is 0. The van der Waals surface area contributed by atoms with Crippen LogP contribution in [0.5, 0.6) is 0 Å². The number of hydrogen-bond donors (Lipinski definition) is 0. The Balaban J connectivity index is 1.25. The van der Waals surface area contributed by atoms with Gasteiger partial charge in [0.1, 0.15) is 5.69 Å². The number of nitrogens with zero attached hydrogens (tertiary/aromatic N) is 9. The lowest BCUT2D eigenvalue weighted by molar-refractivity contribution is 0.983. The Hall–Kier alpha value is -6.22. The van der Waals surface area contributed by atoms with Crippen molar-refractivity contribution < 1.29 is 0 Å². The van der Waals surface area contributed by atoms with Crippen LogP contribution in [0.3, 0.4) is 0 Å². The van der Waals surface area contributed by atoms with Crippen molar-refractivity contribution >= 4 is 16.4 Å². The van der Waals surface area contributed by atoms with Crippen molar-refractivity contribution in [1.29, 1.82) is 0 Å². The number of aromatic nitrogens is 9. The van der Waals surface area contributed by atoms with Gasteiger partial charge in [0.2, 0.25) is 0 Å². The van der Waals surface area contributed by atoms with Gasteiger partial charge >= 0.3 is 0 Å². The summed E-state index contributed by atoms with van der Waals surface area (Å²) in [6.07, 6.45) is 7.01. The topological polar surface area (TPSA) is 108 Å². The summed E-state index contributed by atoms with van der Waals surface area (Å²) in [7, 11) is 0. The predicted molar refractivity (Wildman–Crippen MR) is 164 cm³/mol. The van der Waals surface area contributed by atoms with Crippen molar-refractivity contribution in [2.45, 2.75) is 0 Å². The van der Waals surface area contributed by atoms with E-state index >= 15 is 0 Å². The highest BCUT2D eigenvalue weighted by Crippen LogP contribution is 2.27. The SMILES string of the molecule is c1ccc(-c2ccc(-c3nc(-c4ccc(-c5ccccn5)nc4)nc(-c4cc5ccc6ccccc6n5n4)n3)cn2)nc1. The molecule has 0 N–H and O–H groups in total. The lowest BCUT2D eigenvalue weighted by Gasteiger charge is -2.08. The molecule has 9 heteroatoms. The molecule has 0 bridgehead atoms. The van der Waals surface area contributed by atoms with Crippen LogP contribution in [0, 0.1) is 0 Å². The Labute approximate surface area is 245 Å². The first-order chi connectivity index (χ1) is 21.3. The van der Waals surface area contributed by atoms with E-state index in [0.717, 1.165) is 50.3 Å². The van der Waals surface area contributed by atoms with Gasteiger partial charge in [-0.2, -0.15) is 5.10 Å². The van der Waals surface area contributed by atoms with Crippen molar-refractivity contribution in [1.82, 2.24) is 44.5 Å². The van der Waals surface area contributed by atoms with E-state index in [1.807, 2.05) is 95.5 Å². The number of pyridine rings is 5. The van der Waals surface area contributed by atoms with E-state index in [9.17, 15) is 0 Å². The Bertz CT molecular complexity index is 2110. The summed E-state index contributed by atoms with van der Waals surface area (Å²) in [6, 6.07) is 33.5. The summed E-state index contributed by atoms with van der Waals surface area (Å²) in [6.45, 7) is 0. The normalized spacial score (nSPS) is 11.3. The van der Waals surface area contributed by atoms with Gasteiger partial charge in [-0.25, -0.2) is 19.5 Å². The standard InChI is InChI=1S/C34H21N9/c1-2-10-31-22(7-1)11-14-25-19-30(42-43(25)31)34-40-32(23-12-15-28(37-20-23)26-8-3-5-17-35-26)39-33(41-34)24-13-16-29(38-21-24)27-9-4-6-18-36-27/h1-21H. The van der Waals surface area contributed by atoms with Crippen molar-refractivity contribution in [2.24, 2.45) is 0 Å². The smallest absolute Gasteiger partial charge is 0.184 e. The Morgan fingerprint density at radius 2 is 1.02 bits per heavy atom. The first-order valence-corrected chi connectivity index (χ1v) is 13.7. The van der Waals surface area contributed by atoms with Gasteiger partial charge in [-0.3, -0.25) is 19.9 Å². The first kappa shape index (κ1) is 24.6. The monoisotopic (exact) mass is 555 g/mol. The minimum absolute atomic E-state index is 0.454. The molecule has 9 nitrogen and oxygen atoms in total. The number of para-hydroxylation sites is 1. The molecule has 0 saturated carbocycles. The summed E-state index contributed by atoms with van der Waals surface area (Å²) in [5.41, 5.74) is 7.19. The molecule has 7 heterocycles. The van der Waals surface area contributed by atoms with Gasteiger partial charge in [0.15, 0.2) is 17.5 Å². The van der Waals surface area contributed by atoms with Crippen LogP contribution in [0.1, 0.15) is 0 Å². The lowest BCUT2D eigenvalue weighted by atomic mass is 10.2. The second kappa shape index (κ2) is 10.3. The third kappa shape index (κ3) is 4.64. The van der Waals surface area contributed by atoms with Crippen LogP contribution in [0.15, 0.2) is 128 Å². The van der Waals surface area contributed by atoms with Crippen LogP contribution in [0.2, 0.25) is 0 Å². The molecule has 8 rings (SSSR count). The molecule has 0 aliphatic carbocycles. The Morgan fingerprint density at radius 1 is 0.442 bits per heavy atom. The molecule has 0 amide bonds. The van der Waals surface area contributed by atoms with E-state index in [4.69, 9.17) is 20.1 Å². The number of hydrogen-bond acceptors (Lipinski definition) is 8. The van der Waals surface area contributed by atoms with Crippen molar-refractivity contribution in [3.8, 4) is 57.1 Å². The largest absolute Gasteiger partial charge is 0.255 e. The van der Waals surface area contributed by atoms with E-state index in [-0.39, 0.29) is 0 Å². The lowest BCUT2D eigenvalue weighted by Crippen LogP contribution is -2.01. The van der Waals surface area contributed by atoms with E-state index in [1.165, 1.54) is 0 Å². The second-order valence-corrected chi connectivity index (χ2v) is 9.86. The number of benzene rings is 1. The fourth-order valence-corrected chi connectivity index (χ4v) is 4.95. The van der Waals surface area contributed by atoms with Gasteiger partial charge < -0.3 is 0 Å². The molecule has 202 valence electrons. The van der Waals surface area contributed by atoms with Gasteiger partial charge in [0.25, 0.3) is 0 Å². The number of rotatable bonds is 5. The van der Waals surface area contributed by atoms with E-state index < -0.39 is 0 Å². The highest BCUT2D eigenvalue weighted by atomic mass is 15.2. The van der Waals surface area contributed by atoms with Crippen LogP contribution < -0.4 is 0 Å². The summed E-state index contributed by atoms with van der Waals surface area (Å²) in [4.78, 5) is 32.7. The highest BCUT2D eigenvalue weighted by molar-refractivity contribution is 5.83. The van der Waals surface area contributed by atoms with Gasteiger partial charge in [-0.05, 0) is 66.7 Å². The maximum atomic E-state index is 4.90. The summed E-state index contributed by atoms with van der Waals surface area (Å²) >= 11 is 0. The predicted octanol–water partition coefficient (Wildman–Crippen LogP) is 6.59. The number of fused-ring (bicyclic) bond motifs is 3. The van der Waals surface area contributed by atoms with E-state index in [0.29, 0.717) is 23.2 Å². The minimum Gasteiger partial charge on any atom is -0.255 e. The molecular weight excluding hydrogens is 534 g/mol. The molecular formula is C34H21N9. The molecule has 8 aromatic rings. The maximum Gasteiger partial charge on any atom is 0.184 e. The molecule has 0 aliphatic rings. The van der Waals surface area contributed by atoms with Crippen molar-refractivity contribution in [2.75, 3.05) is 0 Å². The third-order valence-corrected chi connectivity index (χ3v) is 7.10. The van der Waals surface area contributed by atoms with Crippen molar-refractivity contribution in [3.05, 3.63) is 128 Å². The van der Waals surface area contributed by atoms with Crippen LogP contribution in [-0.2, 0) is 0 Å². The van der Waals surface area contributed by atoms with E-state index in [1.54, 1.807) is 24.8 Å². The Morgan fingerprint density at radius 3 is 1.60 bits per heavy atom. The molecule has 1 aromatic carbocycles. The zero-order chi connectivity index (χ0) is 28.6. The molecule has 43 heavy (non-hydrogen) atoms. The average molecular weight is 556 g/mol. The van der Waals surface area contributed by atoms with Gasteiger partial charge in [-0.15, -0.1) is 0 Å². The molecule has 0 saturated heterocycles. The molecule has 7 aromatic heterocycles. The van der Waals surface area contributed by atoms with Gasteiger partial charge in [-0.1, -0.05) is 36.4 Å². The minimum atomic E-state index is 0.454. The first-order valence-electron chi connectivity index (χ1n) is 13.7. The van der Waals surface area contributed by atoms with Crippen LogP contribution >= 0.6 is 0 Å². The molecule has 0 fully saturated rings. The summed E-state index contributed by atoms with van der Waals surface area (Å²) < 4.78 is 1.92. The third-order valence-electron chi connectivity index (χ3n) is 7.10. The van der Waals surface area contributed by atoms with Crippen LogP contribution in [-0.4, -0.2) is 44.5 Å². The quantitative estimate of drug-likeness (QED) is 0.234. The zero-order valence-electron chi connectivity index (χ0n) is 22.6. The highest BCUT2D eigenvalue weighted by Gasteiger charge is 2.16. The maximum absolute atomic E-state index is 4.90.